The number of benzene rings is 4. The number of ether oxygens (including phenoxy) is 1. The topological polar surface area (TPSA) is 64.4 Å². The van der Waals surface area contributed by atoms with Gasteiger partial charge in [0, 0.05) is 11.3 Å². The predicted molar refractivity (Wildman–Crippen MR) is 127 cm³/mol. The molecule has 0 spiro atoms. The van der Waals surface area contributed by atoms with E-state index in [2.05, 4.69) is 28.5 Å². The Labute approximate surface area is 185 Å². The molecule has 4 aromatic carbocycles. The van der Waals surface area contributed by atoms with Gasteiger partial charge in [0.05, 0.1) is 0 Å². The minimum absolute atomic E-state index is 0.0671. The summed E-state index contributed by atoms with van der Waals surface area (Å²) in [5, 5.41) is 5.08. The van der Waals surface area contributed by atoms with Crippen molar-refractivity contribution in [3.8, 4) is 17.2 Å². The van der Waals surface area contributed by atoms with Gasteiger partial charge in [0.1, 0.15) is 11.3 Å². The van der Waals surface area contributed by atoms with Crippen molar-refractivity contribution >= 4 is 33.5 Å². The summed E-state index contributed by atoms with van der Waals surface area (Å²) in [4.78, 5) is 17.1. The average molecular weight is 422 g/mol. The van der Waals surface area contributed by atoms with Crippen LogP contribution in [0, 0.1) is 13.8 Å². The molecular formula is C27H22N2O3. The number of nitrogens with one attached hydrogen (secondary N) is 1. The summed E-state index contributed by atoms with van der Waals surface area (Å²) in [5.74, 6) is 1.04. The van der Waals surface area contributed by atoms with Crippen LogP contribution >= 0.6 is 0 Å². The van der Waals surface area contributed by atoms with Crippen LogP contribution in [0.15, 0.2) is 83.3 Å². The quantitative estimate of drug-likeness (QED) is 0.362. The highest BCUT2D eigenvalue weighted by Gasteiger charge is 2.13. The van der Waals surface area contributed by atoms with E-state index in [0.29, 0.717) is 28.4 Å². The summed E-state index contributed by atoms with van der Waals surface area (Å²) in [6.07, 6.45) is 0. The summed E-state index contributed by atoms with van der Waals surface area (Å²) in [7, 11) is 0. The third-order valence-corrected chi connectivity index (χ3v) is 5.61. The van der Waals surface area contributed by atoms with Crippen LogP contribution in [0.2, 0.25) is 0 Å². The lowest BCUT2D eigenvalue weighted by Gasteiger charge is -2.11. The van der Waals surface area contributed by atoms with E-state index in [9.17, 15) is 4.79 Å². The molecule has 0 aliphatic heterocycles. The van der Waals surface area contributed by atoms with E-state index in [-0.39, 0.29) is 12.5 Å². The van der Waals surface area contributed by atoms with E-state index in [4.69, 9.17) is 9.15 Å². The highest BCUT2D eigenvalue weighted by Crippen LogP contribution is 2.31. The Morgan fingerprint density at radius 2 is 1.78 bits per heavy atom. The zero-order valence-electron chi connectivity index (χ0n) is 17.9. The Morgan fingerprint density at radius 1 is 0.969 bits per heavy atom. The second-order valence-corrected chi connectivity index (χ2v) is 7.76. The number of aromatic nitrogens is 1. The summed E-state index contributed by atoms with van der Waals surface area (Å²) < 4.78 is 11.7. The number of amides is 1. The van der Waals surface area contributed by atoms with Crippen LogP contribution in [0.4, 0.5) is 5.69 Å². The Kier molecular flexibility index (Phi) is 5.07. The molecule has 0 saturated carbocycles. The maximum absolute atomic E-state index is 12.4. The monoisotopic (exact) mass is 422 g/mol. The van der Waals surface area contributed by atoms with E-state index in [0.717, 1.165) is 27.5 Å². The smallest absolute Gasteiger partial charge is 0.262 e. The van der Waals surface area contributed by atoms with Gasteiger partial charge in [-0.05, 0) is 66.1 Å². The fraction of sp³-hybridized carbons (Fsp3) is 0.111. The molecule has 5 aromatic rings. The number of fused-ring (bicyclic) bond motifs is 2. The maximum Gasteiger partial charge on any atom is 0.262 e. The van der Waals surface area contributed by atoms with Crippen molar-refractivity contribution in [2.24, 2.45) is 0 Å². The average Bonchev–Trinajstić information content (AvgIpc) is 3.23. The van der Waals surface area contributed by atoms with Crippen molar-refractivity contribution in [2.75, 3.05) is 11.9 Å². The molecule has 0 radical (unpaired) electrons. The van der Waals surface area contributed by atoms with E-state index in [1.54, 1.807) is 6.07 Å². The number of oxazole rings is 1. The van der Waals surface area contributed by atoms with Gasteiger partial charge in [0.15, 0.2) is 12.2 Å². The fourth-order valence-electron chi connectivity index (χ4n) is 3.75. The van der Waals surface area contributed by atoms with Gasteiger partial charge in [0.25, 0.3) is 5.91 Å². The number of carbonyl (C=O) groups excluding carboxylic acids is 1. The minimum Gasteiger partial charge on any atom is -0.483 e. The first kappa shape index (κ1) is 19.8. The largest absolute Gasteiger partial charge is 0.483 e. The van der Waals surface area contributed by atoms with Gasteiger partial charge < -0.3 is 14.5 Å². The van der Waals surface area contributed by atoms with Gasteiger partial charge in [0.2, 0.25) is 5.89 Å². The predicted octanol–water partition coefficient (Wildman–Crippen LogP) is 6.28. The molecule has 1 amide bonds. The normalized spacial score (nSPS) is 11.1. The zero-order valence-corrected chi connectivity index (χ0v) is 17.9. The van der Waals surface area contributed by atoms with Crippen LogP contribution in [0.5, 0.6) is 5.75 Å². The summed E-state index contributed by atoms with van der Waals surface area (Å²) >= 11 is 0. The Balaban J connectivity index is 1.35. The SMILES string of the molecule is Cc1cccc(OCC(=O)Nc2ccc3oc(-c4cccc5ccccc45)nc3c2)c1C. The van der Waals surface area contributed by atoms with E-state index < -0.39 is 0 Å². The number of hydrogen-bond donors (Lipinski definition) is 1. The summed E-state index contributed by atoms with van der Waals surface area (Å²) in [6, 6.07) is 25.4. The molecular weight excluding hydrogens is 400 g/mol. The van der Waals surface area contributed by atoms with Crippen molar-refractivity contribution < 1.29 is 13.9 Å². The highest BCUT2D eigenvalue weighted by atomic mass is 16.5. The molecule has 158 valence electrons. The van der Waals surface area contributed by atoms with Crippen molar-refractivity contribution in [3.63, 3.8) is 0 Å². The lowest BCUT2D eigenvalue weighted by atomic mass is 10.0. The van der Waals surface area contributed by atoms with Crippen molar-refractivity contribution in [2.45, 2.75) is 13.8 Å². The summed E-state index contributed by atoms with van der Waals surface area (Å²) in [5.41, 5.74) is 5.09. The molecule has 1 N–H and O–H groups in total. The Hall–Kier alpha value is -4.12. The standard InChI is InChI=1S/C27H22N2O3/c1-17-7-5-12-24(18(17)2)31-16-26(30)28-20-13-14-25-23(15-20)29-27(32-25)22-11-6-9-19-8-3-4-10-21(19)22/h3-15H,16H2,1-2H3,(H,28,30). The number of anilines is 1. The number of hydrogen-bond acceptors (Lipinski definition) is 4. The van der Waals surface area contributed by atoms with E-state index >= 15 is 0 Å². The molecule has 5 nitrogen and oxygen atoms in total. The molecule has 5 rings (SSSR count). The minimum atomic E-state index is -0.233. The van der Waals surface area contributed by atoms with Crippen LogP contribution < -0.4 is 10.1 Å². The Bertz CT molecular complexity index is 1450. The maximum atomic E-state index is 12.4. The first-order valence-corrected chi connectivity index (χ1v) is 10.5. The molecule has 32 heavy (non-hydrogen) atoms. The highest BCUT2D eigenvalue weighted by molar-refractivity contribution is 5.97. The van der Waals surface area contributed by atoms with Gasteiger partial charge in [-0.15, -0.1) is 0 Å². The molecule has 0 aliphatic rings. The van der Waals surface area contributed by atoms with Crippen molar-refractivity contribution in [3.05, 3.63) is 90.0 Å². The fourth-order valence-corrected chi connectivity index (χ4v) is 3.75. The summed E-state index contributed by atoms with van der Waals surface area (Å²) in [6.45, 7) is 3.93. The lowest BCUT2D eigenvalue weighted by molar-refractivity contribution is -0.118. The molecule has 1 heterocycles. The molecule has 0 unspecified atom stereocenters. The van der Waals surface area contributed by atoms with E-state index in [1.165, 1.54) is 0 Å². The van der Waals surface area contributed by atoms with Crippen LogP contribution in [-0.2, 0) is 4.79 Å². The number of carbonyl (C=O) groups is 1. The van der Waals surface area contributed by atoms with Crippen LogP contribution in [-0.4, -0.2) is 17.5 Å². The second kappa shape index (κ2) is 8.19. The van der Waals surface area contributed by atoms with Crippen LogP contribution in [0.25, 0.3) is 33.3 Å². The molecule has 0 atom stereocenters. The van der Waals surface area contributed by atoms with Crippen LogP contribution in [0.3, 0.4) is 0 Å². The first-order chi connectivity index (χ1) is 15.6. The van der Waals surface area contributed by atoms with Gasteiger partial charge in [-0.3, -0.25) is 4.79 Å². The van der Waals surface area contributed by atoms with Crippen molar-refractivity contribution in [1.82, 2.24) is 4.98 Å². The number of nitrogens with zero attached hydrogens (tertiary/aromatic N) is 1. The molecule has 0 bridgehead atoms. The molecule has 0 saturated heterocycles. The van der Waals surface area contributed by atoms with Gasteiger partial charge in [-0.25, -0.2) is 4.98 Å². The van der Waals surface area contributed by atoms with Crippen LogP contribution in [0.1, 0.15) is 11.1 Å². The molecule has 1 aromatic heterocycles. The zero-order chi connectivity index (χ0) is 22.1. The molecule has 0 fully saturated rings. The van der Waals surface area contributed by atoms with E-state index in [1.807, 2.05) is 68.4 Å². The lowest BCUT2D eigenvalue weighted by Crippen LogP contribution is -2.20. The van der Waals surface area contributed by atoms with Gasteiger partial charge in [-0.2, -0.15) is 0 Å². The molecule has 5 heteroatoms. The number of aryl methyl sites for hydroxylation is 1. The molecule has 0 aliphatic carbocycles. The van der Waals surface area contributed by atoms with Crippen molar-refractivity contribution in [1.29, 1.82) is 0 Å². The van der Waals surface area contributed by atoms with Gasteiger partial charge in [-0.1, -0.05) is 48.5 Å². The second-order valence-electron chi connectivity index (χ2n) is 7.76. The Morgan fingerprint density at radius 3 is 2.69 bits per heavy atom. The number of rotatable bonds is 5. The third kappa shape index (κ3) is 3.81. The third-order valence-electron chi connectivity index (χ3n) is 5.61. The first-order valence-electron chi connectivity index (χ1n) is 10.5. The van der Waals surface area contributed by atoms with Gasteiger partial charge >= 0.3 is 0 Å².